The normalized spacial score (nSPS) is 37.0. The highest BCUT2D eigenvalue weighted by atomic mass is 35.5. The van der Waals surface area contributed by atoms with E-state index >= 15 is 0 Å². The fraction of sp³-hybridized carbons (Fsp3) is 0.500. The number of imide groups is 2. The van der Waals surface area contributed by atoms with Gasteiger partial charge in [0.2, 0.25) is 11.8 Å². The van der Waals surface area contributed by atoms with Crippen molar-refractivity contribution < 1.29 is 28.7 Å². The predicted molar refractivity (Wildman–Crippen MR) is 121 cm³/mol. The van der Waals surface area contributed by atoms with Crippen LogP contribution in [0.1, 0.15) is 37.7 Å². The molecule has 2 heterocycles. The van der Waals surface area contributed by atoms with Crippen LogP contribution in [0.4, 0.5) is 4.39 Å². The van der Waals surface area contributed by atoms with E-state index in [4.69, 9.17) is 23.2 Å². The summed E-state index contributed by atoms with van der Waals surface area (Å²) >= 11 is 13.9. The number of phenolic OH excluding ortho intramolecular Hbond substituents is 1. The number of hydrogen-bond donors (Lipinski definition) is 1. The van der Waals surface area contributed by atoms with E-state index in [9.17, 15) is 28.7 Å². The molecule has 2 aliphatic heterocycles. The number of alkyl halides is 2. The van der Waals surface area contributed by atoms with Crippen LogP contribution in [0.3, 0.4) is 0 Å². The maximum Gasteiger partial charge on any atom is 0.253 e. The van der Waals surface area contributed by atoms with Crippen molar-refractivity contribution in [2.24, 2.45) is 17.8 Å². The van der Waals surface area contributed by atoms with Gasteiger partial charge in [-0.05, 0) is 31.2 Å². The van der Waals surface area contributed by atoms with Crippen LogP contribution in [-0.4, -0.2) is 61.9 Å². The summed E-state index contributed by atoms with van der Waals surface area (Å²) in [5, 5.41) is 10.6. The molecule has 0 aromatic heterocycles. The van der Waals surface area contributed by atoms with Gasteiger partial charge in [-0.15, -0.1) is 23.2 Å². The number of aromatic hydroxyl groups is 1. The van der Waals surface area contributed by atoms with E-state index in [0.29, 0.717) is 12.0 Å². The summed E-state index contributed by atoms with van der Waals surface area (Å²) in [5.41, 5.74) is 0.525. The number of allylic oxidation sites excluding steroid dienone is 2. The molecular formula is C24H23Cl2FN2O5. The minimum atomic E-state index is -2.05. The average molecular weight is 509 g/mol. The van der Waals surface area contributed by atoms with Crippen molar-refractivity contribution in [3.8, 4) is 5.75 Å². The average Bonchev–Trinajstić information content (AvgIpc) is 3.12. The van der Waals surface area contributed by atoms with Crippen LogP contribution in [0.2, 0.25) is 0 Å². The van der Waals surface area contributed by atoms with E-state index in [0.717, 1.165) is 11.0 Å². The zero-order chi connectivity index (χ0) is 24.7. The van der Waals surface area contributed by atoms with Crippen molar-refractivity contribution in [1.82, 2.24) is 9.80 Å². The van der Waals surface area contributed by atoms with E-state index in [1.807, 2.05) is 6.92 Å². The number of benzene rings is 1. The molecule has 6 atom stereocenters. The Morgan fingerprint density at radius 1 is 1.12 bits per heavy atom. The third-order valence-corrected chi connectivity index (χ3v) is 9.30. The maximum absolute atomic E-state index is 14.4. The number of nitrogens with zero attached hydrogens (tertiary/aromatic N) is 2. The second kappa shape index (κ2) is 7.52. The molecule has 1 aromatic carbocycles. The van der Waals surface area contributed by atoms with Gasteiger partial charge in [0.05, 0.1) is 11.8 Å². The molecule has 1 N–H and O–H groups in total. The third-order valence-electron chi connectivity index (χ3n) is 7.88. The van der Waals surface area contributed by atoms with Crippen LogP contribution >= 0.6 is 23.2 Å². The second-order valence-electron chi connectivity index (χ2n) is 9.50. The van der Waals surface area contributed by atoms with Gasteiger partial charge in [-0.1, -0.05) is 30.7 Å². The van der Waals surface area contributed by atoms with Crippen molar-refractivity contribution in [1.29, 1.82) is 0 Å². The Labute approximate surface area is 205 Å². The number of rotatable bonds is 3. The Morgan fingerprint density at radius 2 is 1.82 bits per heavy atom. The van der Waals surface area contributed by atoms with Crippen molar-refractivity contribution >= 4 is 46.8 Å². The van der Waals surface area contributed by atoms with Crippen LogP contribution in [0.25, 0.3) is 0 Å². The lowest BCUT2D eigenvalue weighted by Gasteiger charge is -2.50. The molecular weight excluding hydrogens is 486 g/mol. The van der Waals surface area contributed by atoms with Crippen molar-refractivity contribution in [2.45, 2.75) is 41.9 Å². The number of phenols is 1. The molecule has 5 rings (SSSR count). The third kappa shape index (κ3) is 2.64. The molecule has 0 bridgehead atoms. The molecule has 10 heteroatoms. The summed E-state index contributed by atoms with van der Waals surface area (Å²) in [6.07, 6.45) is 2.45. The van der Waals surface area contributed by atoms with E-state index in [2.05, 4.69) is 0 Å². The van der Waals surface area contributed by atoms with E-state index < -0.39 is 56.8 Å². The molecule has 1 saturated carbocycles. The number of carbonyl (C=O) groups excluding carboxylic acids is 4. The zero-order valence-electron chi connectivity index (χ0n) is 18.6. The van der Waals surface area contributed by atoms with Gasteiger partial charge < -0.3 is 5.11 Å². The van der Waals surface area contributed by atoms with Gasteiger partial charge in [0.1, 0.15) is 0 Å². The number of hydrogen-bond acceptors (Lipinski definition) is 5. The highest BCUT2D eigenvalue weighted by Crippen LogP contribution is 2.66. The van der Waals surface area contributed by atoms with Gasteiger partial charge in [-0.3, -0.25) is 29.0 Å². The van der Waals surface area contributed by atoms with Gasteiger partial charge >= 0.3 is 0 Å². The monoisotopic (exact) mass is 508 g/mol. The first-order valence-corrected chi connectivity index (χ1v) is 12.0. The molecule has 180 valence electrons. The Bertz CT molecular complexity index is 1190. The van der Waals surface area contributed by atoms with Crippen LogP contribution in [0, 0.1) is 23.6 Å². The summed E-state index contributed by atoms with van der Waals surface area (Å²) < 4.78 is 14.4. The molecule has 4 amide bonds. The molecule has 4 aliphatic rings. The lowest BCUT2D eigenvalue weighted by Crippen LogP contribution is -2.60. The topological polar surface area (TPSA) is 95.0 Å². The van der Waals surface area contributed by atoms with Crippen LogP contribution in [0.5, 0.6) is 5.75 Å². The number of fused-ring (bicyclic) bond motifs is 4. The molecule has 1 aromatic rings. The molecule has 2 saturated heterocycles. The summed E-state index contributed by atoms with van der Waals surface area (Å²) in [5.74, 6) is -6.96. The largest absolute Gasteiger partial charge is 0.505 e. The van der Waals surface area contributed by atoms with E-state index in [1.54, 1.807) is 6.08 Å². The van der Waals surface area contributed by atoms with Gasteiger partial charge in [-0.25, -0.2) is 4.39 Å². The maximum atomic E-state index is 14.4. The molecule has 6 unspecified atom stereocenters. The minimum Gasteiger partial charge on any atom is -0.505 e. The number of likely N-dealkylation sites (tertiary alicyclic amines) is 2. The van der Waals surface area contributed by atoms with Gasteiger partial charge in [0.15, 0.2) is 21.3 Å². The fourth-order valence-corrected chi connectivity index (χ4v) is 7.37. The molecule has 0 radical (unpaired) electrons. The molecule has 0 spiro atoms. The summed E-state index contributed by atoms with van der Waals surface area (Å²) in [6, 6.07) is 3.87. The number of carbonyl (C=O) groups is 4. The Kier molecular flexibility index (Phi) is 5.15. The quantitative estimate of drug-likeness (QED) is 0.384. The Hall–Kier alpha value is -2.45. The van der Waals surface area contributed by atoms with Crippen molar-refractivity contribution in [3.05, 3.63) is 41.2 Å². The standard InChI is InChI=1S/C24H23Cl2FN2O5/c1-3-9-29-19(31)12-8-7-11-14(16(12)20(29)32)10-23(25)21(33)28(2)22(34)24(23,26)17(11)13-5-4-6-15(27)18(13)30/h4-7,12,14,16-17,30H,3,8-10H2,1-2H3. The number of amides is 4. The van der Waals surface area contributed by atoms with Crippen molar-refractivity contribution in [2.75, 3.05) is 13.6 Å². The molecule has 3 fully saturated rings. The van der Waals surface area contributed by atoms with E-state index in [-0.39, 0.29) is 36.8 Å². The van der Waals surface area contributed by atoms with Gasteiger partial charge in [-0.2, -0.15) is 0 Å². The lowest BCUT2D eigenvalue weighted by atomic mass is 9.56. The van der Waals surface area contributed by atoms with Crippen LogP contribution < -0.4 is 0 Å². The number of halogens is 3. The van der Waals surface area contributed by atoms with Crippen LogP contribution in [-0.2, 0) is 19.2 Å². The SMILES string of the molecule is CCCN1C(=O)C2CC=C3C(CC4(Cl)C(=O)N(C)C(=O)C4(Cl)C3c3cccc(F)c3O)C2C1=O. The summed E-state index contributed by atoms with van der Waals surface area (Å²) in [7, 11) is 1.27. The Morgan fingerprint density at radius 3 is 2.50 bits per heavy atom. The summed E-state index contributed by atoms with van der Waals surface area (Å²) in [6.45, 7) is 2.15. The van der Waals surface area contributed by atoms with Gasteiger partial charge in [0, 0.05) is 25.1 Å². The first-order valence-electron chi connectivity index (χ1n) is 11.2. The lowest BCUT2D eigenvalue weighted by molar-refractivity contribution is -0.141. The van der Waals surface area contributed by atoms with Crippen LogP contribution in [0.15, 0.2) is 29.8 Å². The number of para-hydroxylation sites is 1. The second-order valence-corrected chi connectivity index (χ2v) is 10.7. The molecule has 7 nitrogen and oxygen atoms in total. The smallest absolute Gasteiger partial charge is 0.253 e. The highest BCUT2D eigenvalue weighted by Gasteiger charge is 2.76. The first kappa shape index (κ1) is 23.3. The zero-order valence-corrected chi connectivity index (χ0v) is 20.1. The molecule has 2 aliphatic carbocycles. The highest BCUT2D eigenvalue weighted by molar-refractivity contribution is 6.53. The van der Waals surface area contributed by atoms with E-state index in [1.165, 1.54) is 24.1 Å². The fourth-order valence-electron chi connectivity index (χ4n) is 6.36. The first-order chi connectivity index (χ1) is 16.0. The Balaban J connectivity index is 1.74. The summed E-state index contributed by atoms with van der Waals surface area (Å²) in [4.78, 5) is 51.1. The molecule has 34 heavy (non-hydrogen) atoms. The van der Waals surface area contributed by atoms with Crippen molar-refractivity contribution in [3.63, 3.8) is 0 Å². The minimum absolute atomic E-state index is 0.00746. The van der Waals surface area contributed by atoms with Gasteiger partial charge in [0.25, 0.3) is 11.8 Å². The predicted octanol–water partition coefficient (Wildman–Crippen LogP) is 2.93.